The summed E-state index contributed by atoms with van der Waals surface area (Å²) in [6.07, 6.45) is 2.34. The molecule has 2 heterocycles. The maximum absolute atomic E-state index is 12.1. The minimum atomic E-state index is -0.138. The van der Waals surface area contributed by atoms with Crippen molar-refractivity contribution in [1.29, 1.82) is 0 Å². The van der Waals surface area contributed by atoms with Crippen LogP contribution in [0.4, 0.5) is 23.5 Å². The fourth-order valence-corrected chi connectivity index (χ4v) is 3.76. The number of nitrogens with zero attached hydrogens (tertiary/aromatic N) is 4. The Morgan fingerprint density at radius 1 is 1.22 bits per heavy atom. The standard InChI is InChI=1S/C23H36N8O/c1-15-9-10-16(19(32)24-5)12-18(15)27-21-28-20(26-13-17-8-7-11-25-17)29-22(30-21)31(6)14-23(2,3)4/h9-10,12,17,25H,7-8,11,13-14H2,1-6H3,(H,24,32)(H2,26,27,28,29,30)/t17-/m1/s1. The number of aromatic nitrogens is 3. The molecule has 9 heteroatoms. The zero-order valence-electron chi connectivity index (χ0n) is 20.0. The number of benzene rings is 1. The van der Waals surface area contributed by atoms with Crippen LogP contribution < -0.4 is 26.2 Å². The Balaban J connectivity index is 1.88. The highest BCUT2D eigenvalue weighted by Gasteiger charge is 2.19. The molecule has 1 aromatic heterocycles. The third kappa shape index (κ3) is 6.53. The molecule has 1 saturated heterocycles. The van der Waals surface area contributed by atoms with Crippen LogP contribution >= 0.6 is 0 Å². The lowest BCUT2D eigenvalue weighted by molar-refractivity contribution is 0.0963. The average molecular weight is 441 g/mol. The van der Waals surface area contributed by atoms with Gasteiger partial charge in [0.25, 0.3) is 5.91 Å². The van der Waals surface area contributed by atoms with E-state index in [1.807, 2.05) is 31.0 Å². The Hall–Kier alpha value is -2.94. The van der Waals surface area contributed by atoms with Crippen LogP contribution in [0, 0.1) is 12.3 Å². The maximum atomic E-state index is 12.1. The van der Waals surface area contributed by atoms with Gasteiger partial charge in [0.1, 0.15) is 0 Å². The quantitative estimate of drug-likeness (QED) is 0.496. The number of aryl methyl sites for hydroxylation is 1. The van der Waals surface area contributed by atoms with E-state index < -0.39 is 0 Å². The first-order valence-electron chi connectivity index (χ1n) is 11.2. The van der Waals surface area contributed by atoms with Crippen LogP contribution in [-0.2, 0) is 0 Å². The van der Waals surface area contributed by atoms with Crippen molar-refractivity contribution in [3.05, 3.63) is 29.3 Å². The first-order chi connectivity index (χ1) is 15.1. The van der Waals surface area contributed by atoms with Gasteiger partial charge in [-0.1, -0.05) is 26.8 Å². The third-order valence-electron chi connectivity index (χ3n) is 5.32. The topological polar surface area (TPSA) is 107 Å². The van der Waals surface area contributed by atoms with Gasteiger partial charge < -0.3 is 26.2 Å². The van der Waals surface area contributed by atoms with E-state index in [0.717, 1.165) is 37.3 Å². The van der Waals surface area contributed by atoms with E-state index in [1.165, 1.54) is 6.42 Å². The van der Waals surface area contributed by atoms with E-state index in [-0.39, 0.29) is 11.3 Å². The zero-order valence-corrected chi connectivity index (χ0v) is 20.0. The number of amides is 1. The van der Waals surface area contributed by atoms with Crippen molar-refractivity contribution in [1.82, 2.24) is 25.6 Å². The average Bonchev–Trinajstić information content (AvgIpc) is 3.25. The predicted octanol–water partition coefficient (Wildman–Crippen LogP) is 2.93. The summed E-state index contributed by atoms with van der Waals surface area (Å²) in [5.41, 5.74) is 2.44. The second kappa shape index (κ2) is 10.1. The molecule has 0 spiro atoms. The zero-order chi connectivity index (χ0) is 23.3. The van der Waals surface area contributed by atoms with Crippen molar-refractivity contribution in [2.75, 3.05) is 49.3 Å². The molecule has 4 N–H and O–H groups in total. The first-order valence-corrected chi connectivity index (χ1v) is 11.2. The van der Waals surface area contributed by atoms with Gasteiger partial charge >= 0.3 is 0 Å². The van der Waals surface area contributed by atoms with Crippen molar-refractivity contribution in [2.24, 2.45) is 5.41 Å². The van der Waals surface area contributed by atoms with E-state index in [0.29, 0.717) is 29.5 Å². The summed E-state index contributed by atoms with van der Waals surface area (Å²) in [6.45, 7) is 11.1. The Labute approximate surface area is 190 Å². The molecule has 1 aliphatic rings. The van der Waals surface area contributed by atoms with Crippen LogP contribution in [0.1, 0.15) is 49.5 Å². The van der Waals surface area contributed by atoms with Gasteiger partial charge in [0.2, 0.25) is 17.8 Å². The number of anilines is 4. The molecule has 0 radical (unpaired) electrons. The highest BCUT2D eigenvalue weighted by molar-refractivity contribution is 5.95. The molecular formula is C23H36N8O. The van der Waals surface area contributed by atoms with Crippen molar-refractivity contribution in [3.8, 4) is 0 Å². The maximum Gasteiger partial charge on any atom is 0.251 e. The summed E-state index contributed by atoms with van der Waals surface area (Å²) in [7, 11) is 3.61. The summed E-state index contributed by atoms with van der Waals surface area (Å²) in [5.74, 6) is 1.43. The summed E-state index contributed by atoms with van der Waals surface area (Å²) in [5, 5.41) is 12.8. The van der Waals surface area contributed by atoms with Gasteiger partial charge in [0.05, 0.1) is 0 Å². The van der Waals surface area contributed by atoms with Gasteiger partial charge in [-0.25, -0.2) is 0 Å². The smallest absolute Gasteiger partial charge is 0.251 e. The predicted molar refractivity (Wildman–Crippen MR) is 130 cm³/mol. The Morgan fingerprint density at radius 2 is 1.97 bits per heavy atom. The Bertz CT molecular complexity index is 934. The van der Waals surface area contributed by atoms with E-state index in [1.54, 1.807) is 13.1 Å². The lowest BCUT2D eigenvalue weighted by Gasteiger charge is -2.27. The number of hydrogen-bond donors (Lipinski definition) is 4. The molecule has 1 amide bonds. The van der Waals surface area contributed by atoms with Crippen molar-refractivity contribution < 1.29 is 4.79 Å². The number of hydrogen-bond acceptors (Lipinski definition) is 8. The normalized spacial score (nSPS) is 16.0. The monoisotopic (exact) mass is 440 g/mol. The molecule has 0 saturated carbocycles. The van der Waals surface area contributed by atoms with Gasteiger partial charge in [0, 0.05) is 44.5 Å². The van der Waals surface area contributed by atoms with Crippen molar-refractivity contribution in [3.63, 3.8) is 0 Å². The Kier molecular flexibility index (Phi) is 7.50. The molecule has 0 aliphatic carbocycles. The van der Waals surface area contributed by atoms with E-state index in [9.17, 15) is 4.79 Å². The molecular weight excluding hydrogens is 404 g/mol. The van der Waals surface area contributed by atoms with Gasteiger partial charge in [-0.15, -0.1) is 0 Å². The van der Waals surface area contributed by atoms with E-state index in [2.05, 4.69) is 57.0 Å². The number of carbonyl (C=O) groups is 1. The first kappa shape index (κ1) is 23.7. The van der Waals surface area contributed by atoms with Crippen LogP contribution in [0.2, 0.25) is 0 Å². The molecule has 0 unspecified atom stereocenters. The van der Waals surface area contributed by atoms with Crippen LogP contribution in [0.5, 0.6) is 0 Å². The van der Waals surface area contributed by atoms with Crippen molar-refractivity contribution >= 4 is 29.4 Å². The summed E-state index contributed by atoms with van der Waals surface area (Å²) in [4.78, 5) is 28.0. The van der Waals surface area contributed by atoms with E-state index >= 15 is 0 Å². The van der Waals surface area contributed by atoms with Crippen LogP contribution in [0.15, 0.2) is 18.2 Å². The summed E-state index contributed by atoms with van der Waals surface area (Å²) >= 11 is 0. The minimum absolute atomic E-state index is 0.0920. The van der Waals surface area contributed by atoms with Gasteiger partial charge in [-0.3, -0.25) is 4.79 Å². The largest absolute Gasteiger partial charge is 0.355 e. The highest BCUT2D eigenvalue weighted by Crippen LogP contribution is 2.24. The lowest BCUT2D eigenvalue weighted by atomic mass is 9.96. The highest BCUT2D eigenvalue weighted by atomic mass is 16.1. The fourth-order valence-electron chi connectivity index (χ4n) is 3.76. The van der Waals surface area contributed by atoms with Crippen molar-refractivity contribution in [2.45, 2.75) is 46.6 Å². The molecule has 174 valence electrons. The number of nitrogens with one attached hydrogen (secondary N) is 4. The Morgan fingerprint density at radius 3 is 2.62 bits per heavy atom. The number of carbonyl (C=O) groups excluding carboxylic acids is 1. The molecule has 1 aliphatic heterocycles. The SMILES string of the molecule is CNC(=O)c1ccc(C)c(Nc2nc(NC[C@H]3CCCN3)nc(N(C)CC(C)(C)C)n2)c1. The third-order valence-corrected chi connectivity index (χ3v) is 5.32. The minimum Gasteiger partial charge on any atom is -0.355 e. The second-order valence-electron chi connectivity index (χ2n) is 9.61. The van der Waals surface area contributed by atoms with Gasteiger partial charge in [-0.2, -0.15) is 15.0 Å². The molecule has 9 nitrogen and oxygen atoms in total. The lowest BCUT2D eigenvalue weighted by Crippen LogP contribution is -2.32. The van der Waals surface area contributed by atoms with Gasteiger partial charge in [0.15, 0.2) is 0 Å². The van der Waals surface area contributed by atoms with Crippen LogP contribution in [-0.4, -0.2) is 60.6 Å². The molecule has 1 aromatic carbocycles. The van der Waals surface area contributed by atoms with E-state index in [4.69, 9.17) is 0 Å². The summed E-state index contributed by atoms with van der Waals surface area (Å²) in [6, 6.07) is 5.94. The molecule has 1 atom stereocenters. The molecule has 1 fully saturated rings. The number of rotatable bonds is 8. The molecule has 3 rings (SSSR count). The van der Waals surface area contributed by atoms with Crippen LogP contribution in [0.3, 0.4) is 0 Å². The second-order valence-corrected chi connectivity index (χ2v) is 9.61. The molecule has 32 heavy (non-hydrogen) atoms. The summed E-state index contributed by atoms with van der Waals surface area (Å²) < 4.78 is 0. The van der Waals surface area contributed by atoms with Gasteiger partial charge in [-0.05, 0) is 49.4 Å². The fraction of sp³-hybridized carbons (Fsp3) is 0.565. The van der Waals surface area contributed by atoms with Crippen LogP contribution in [0.25, 0.3) is 0 Å². The molecule has 2 aromatic rings. The molecule has 0 bridgehead atoms.